The smallest absolute Gasteiger partial charge is 0.336 e. The van der Waals surface area contributed by atoms with Gasteiger partial charge in [0.15, 0.2) is 0 Å². The van der Waals surface area contributed by atoms with E-state index in [0.717, 1.165) is 0 Å². The fourth-order valence-electron chi connectivity index (χ4n) is 2.05. The van der Waals surface area contributed by atoms with E-state index in [-0.39, 0.29) is 11.7 Å². The van der Waals surface area contributed by atoms with Gasteiger partial charge < -0.3 is 19.9 Å². The number of hydrogen-bond acceptors (Lipinski definition) is 5. The molecule has 2 aromatic rings. The standard InChI is InChI=1S/C15H18N2O4/c1-20-9-10(21-2)8-16-14-7-6-11-12(15(18)19)4-3-5-13(11)17-14/h3-7,10H,8-9H2,1-2H3,(H,16,17)(H,18,19). The van der Waals surface area contributed by atoms with E-state index in [2.05, 4.69) is 10.3 Å². The molecule has 0 radical (unpaired) electrons. The predicted molar refractivity (Wildman–Crippen MR) is 79.9 cm³/mol. The van der Waals surface area contributed by atoms with Gasteiger partial charge in [-0.25, -0.2) is 9.78 Å². The molecule has 1 aromatic carbocycles. The van der Waals surface area contributed by atoms with Crippen molar-refractivity contribution >= 4 is 22.7 Å². The van der Waals surface area contributed by atoms with Gasteiger partial charge in [-0.05, 0) is 24.3 Å². The van der Waals surface area contributed by atoms with Crippen LogP contribution in [-0.4, -0.2) is 49.5 Å². The third-order valence-electron chi connectivity index (χ3n) is 3.16. The molecule has 0 fully saturated rings. The highest BCUT2D eigenvalue weighted by molar-refractivity contribution is 6.02. The van der Waals surface area contributed by atoms with Gasteiger partial charge in [0.2, 0.25) is 0 Å². The zero-order chi connectivity index (χ0) is 15.2. The topological polar surface area (TPSA) is 80.7 Å². The molecule has 0 saturated carbocycles. The molecule has 112 valence electrons. The van der Waals surface area contributed by atoms with Crippen molar-refractivity contribution in [3.8, 4) is 0 Å². The molecule has 21 heavy (non-hydrogen) atoms. The van der Waals surface area contributed by atoms with E-state index in [9.17, 15) is 4.79 Å². The van der Waals surface area contributed by atoms with Gasteiger partial charge in [-0.2, -0.15) is 0 Å². The maximum absolute atomic E-state index is 11.2. The summed E-state index contributed by atoms with van der Waals surface area (Å²) in [6.45, 7) is 1.04. The van der Waals surface area contributed by atoms with Gasteiger partial charge in [0.1, 0.15) is 5.82 Å². The van der Waals surface area contributed by atoms with Crippen molar-refractivity contribution in [2.45, 2.75) is 6.10 Å². The summed E-state index contributed by atoms with van der Waals surface area (Å²) in [4.78, 5) is 15.6. The van der Waals surface area contributed by atoms with E-state index in [1.54, 1.807) is 44.6 Å². The molecule has 0 spiro atoms. The number of hydrogen-bond donors (Lipinski definition) is 2. The SMILES string of the molecule is COCC(CNc1ccc2c(C(=O)O)cccc2n1)OC. The van der Waals surface area contributed by atoms with Crippen LogP contribution in [0.25, 0.3) is 10.9 Å². The van der Waals surface area contributed by atoms with Crippen LogP contribution in [0.1, 0.15) is 10.4 Å². The van der Waals surface area contributed by atoms with Crippen LogP contribution in [0.15, 0.2) is 30.3 Å². The summed E-state index contributed by atoms with van der Waals surface area (Å²) in [5.41, 5.74) is 0.890. The third-order valence-corrected chi connectivity index (χ3v) is 3.16. The zero-order valence-electron chi connectivity index (χ0n) is 12.0. The van der Waals surface area contributed by atoms with E-state index in [1.165, 1.54) is 0 Å². The minimum atomic E-state index is -0.956. The lowest BCUT2D eigenvalue weighted by molar-refractivity contribution is 0.0365. The molecule has 1 unspecified atom stereocenters. The summed E-state index contributed by atoms with van der Waals surface area (Å²) < 4.78 is 10.3. The number of pyridine rings is 1. The number of aromatic carboxylic acids is 1. The maximum atomic E-state index is 11.2. The molecule has 1 aromatic heterocycles. The van der Waals surface area contributed by atoms with Crippen LogP contribution in [0.3, 0.4) is 0 Å². The molecule has 1 heterocycles. The quantitative estimate of drug-likeness (QED) is 0.812. The molecule has 2 N–H and O–H groups in total. The number of aromatic nitrogens is 1. The number of nitrogens with one attached hydrogen (secondary N) is 1. The van der Waals surface area contributed by atoms with Gasteiger partial charge in [-0.15, -0.1) is 0 Å². The fourth-order valence-corrected chi connectivity index (χ4v) is 2.05. The van der Waals surface area contributed by atoms with Crippen LogP contribution < -0.4 is 5.32 Å². The number of carboxylic acid groups (broad SMARTS) is 1. The lowest BCUT2D eigenvalue weighted by atomic mass is 10.1. The van der Waals surface area contributed by atoms with E-state index < -0.39 is 5.97 Å². The molecular weight excluding hydrogens is 272 g/mol. The van der Waals surface area contributed by atoms with Crippen LogP contribution in [0, 0.1) is 0 Å². The molecule has 6 heteroatoms. The van der Waals surface area contributed by atoms with E-state index in [1.807, 2.05) is 0 Å². The second-order valence-electron chi connectivity index (χ2n) is 4.57. The number of nitrogens with zero attached hydrogens (tertiary/aromatic N) is 1. The Morgan fingerprint density at radius 1 is 1.33 bits per heavy atom. The van der Waals surface area contributed by atoms with Crippen molar-refractivity contribution < 1.29 is 19.4 Å². The van der Waals surface area contributed by atoms with Crippen LogP contribution in [0.2, 0.25) is 0 Å². The molecule has 0 saturated heterocycles. The number of rotatable bonds is 7. The fraction of sp³-hybridized carbons (Fsp3) is 0.333. The Morgan fingerprint density at radius 3 is 2.81 bits per heavy atom. The summed E-state index contributed by atoms with van der Waals surface area (Å²) in [5.74, 6) is -0.286. The summed E-state index contributed by atoms with van der Waals surface area (Å²) >= 11 is 0. The number of fused-ring (bicyclic) bond motifs is 1. The minimum Gasteiger partial charge on any atom is -0.478 e. The highest BCUT2D eigenvalue weighted by atomic mass is 16.5. The van der Waals surface area contributed by atoms with Crippen LogP contribution in [0.5, 0.6) is 0 Å². The Hall–Kier alpha value is -2.18. The second kappa shape index (κ2) is 7.01. The Balaban J connectivity index is 2.18. The first-order valence-electron chi connectivity index (χ1n) is 6.54. The minimum absolute atomic E-state index is 0.0714. The van der Waals surface area contributed by atoms with Crippen LogP contribution >= 0.6 is 0 Å². The summed E-state index contributed by atoms with van der Waals surface area (Å²) in [6, 6.07) is 8.56. The van der Waals surface area contributed by atoms with Crippen molar-refractivity contribution in [3.05, 3.63) is 35.9 Å². The largest absolute Gasteiger partial charge is 0.478 e. The van der Waals surface area contributed by atoms with Gasteiger partial charge >= 0.3 is 5.97 Å². The van der Waals surface area contributed by atoms with Gasteiger partial charge in [-0.3, -0.25) is 0 Å². The number of carboxylic acids is 1. The number of methoxy groups -OCH3 is 2. The third kappa shape index (κ3) is 3.68. The van der Waals surface area contributed by atoms with E-state index >= 15 is 0 Å². The zero-order valence-corrected chi connectivity index (χ0v) is 12.0. The molecule has 0 bridgehead atoms. The number of ether oxygens (including phenoxy) is 2. The maximum Gasteiger partial charge on any atom is 0.336 e. The number of anilines is 1. The Bertz CT molecular complexity index is 630. The number of benzene rings is 1. The van der Waals surface area contributed by atoms with E-state index in [4.69, 9.17) is 14.6 Å². The predicted octanol–water partition coefficient (Wildman–Crippen LogP) is 2.01. The lowest BCUT2D eigenvalue weighted by Crippen LogP contribution is -2.26. The van der Waals surface area contributed by atoms with Crippen molar-refractivity contribution in [2.24, 2.45) is 0 Å². The Kier molecular flexibility index (Phi) is 5.08. The van der Waals surface area contributed by atoms with Crippen molar-refractivity contribution in [1.82, 2.24) is 4.98 Å². The van der Waals surface area contributed by atoms with Crippen LogP contribution in [0.4, 0.5) is 5.82 Å². The first kappa shape index (κ1) is 15.2. The van der Waals surface area contributed by atoms with Gasteiger partial charge in [0.05, 0.1) is 23.8 Å². The highest BCUT2D eigenvalue weighted by Crippen LogP contribution is 2.19. The average molecular weight is 290 g/mol. The molecule has 0 aliphatic heterocycles. The van der Waals surface area contributed by atoms with Gasteiger partial charge in [0, 0.05) is 26.2 Å². The summed E-state index contributed by atoms with van der Waals surface area (Å²) in [6.07, 6.45) is -0.0714. The monoisotopic (exact) mass is 290 g/mol. The Morgan fingerprint density at radius 2 is 2.14 bits per heavy atom. The number of carbonyl (C=O) groups is 1. The first-order chi connectivity index (χ1) is 10.2. The lowest BCUT2D eigenvalue weighted by Gasteiger charge is -2.15. The first-order valence-corrected chi connectivity index (χ1v) is 6.54. The van der Waals surface area contributed by atoms with Crippen molar-refractivity contribution in [1.29, 1.82) is 0 Å². The van der Waals surface area contributed by atoms with Crippen molar-refractivity contribution in [3.63, 3.8) is 0 Å². The average Bonchev–Trinajstić information content (AvgIpc) is 2.50. The summed E-state index contributed by atoms with van der Waals surface area (Å²) in [7, 11) is 3.24. The molecule has 0 aliphatic carbocycles. The van der Waals surface area contributed by atoms with Crippen molar-refractivity contribution in [2.75, 3.05) is 32.7 Å². The molecule has 6 nitrogen and oxygen atoms in total. The normalized spacial score (nSPS) is 12.3. The van der Waals surface area contributed by atoms with Gasteiger partial charge in [-0.1, -0.05) is 6.07 Å². The second-order valence-corrected chi connectivity index (χ2v) is 4.57. The molecule has 1 atom stereocenters. The molecular formula is C15H18N2O4. The highest BCUT2D eigenvalue weighted by Gasteiger charge is 2.10. The van der Waals surface area contributed by atoms with E-state index in [0.29, 0.717) is 29.9 Å². The van der Waals surface area contributed by atoms with Crippen LogP contribution in [-0.2, 0) is 9.47 Å². The Labute approximate surface area is 122 Å². The molecule has 2 rings (SSSR count). The molecule has 0 aliphatic rings. The molecule has 0 amide bonds. The van der Waals surface area contributed by atoms with Gasteiger partial charge in [0.25, 0.3) is 0 Å². The summed E-state index contributed by atoms with van der Waals surface area (Å²) in [5, 5.41) is 12.9.